The van der Waals surface area contributed by atoms with Crippen molar-refractivity contribution in [3.05, 3.63) is 41.8 Å². The van der Waals surface area contributed by atoms with E-state index in [-0.39, 0.29) is 23.6 Å². The number of nitrogens with zero attached hydrogens (tertiary/aromatic N) is 4. The highest BCUT2D eigenvalue weighted by molar-refractivity contribution is 5.92. The van der Waals surface area contributed by atoms with Gasteiger partial charge in [0.25, 0.3) is 5.91 Å². The first-order chi connectivity index (χ1) is 13.8. The second-order valence-electron chi connectivity index (χ2n) is 7.40. The fourth-order valence-electron chi connectivity index (χ4n) is 3.92. The Hall–Kier alpha value is -3.43. The number of hydrogen-bond acceptors (Lipinski definition) is 7. The van der Waals surface area contributed by atoms with Crippen LogP contribution in [0.25, 0.3) is 0 Å². The Morgan fingerprint density at radius 1 is 1.14 bits per heavy atom. The average Bonchev–Trinajstić information content (AvgIpc) is 3.29. The van der Waals surface area contributed by atoms with Gasteiger partial charge in [-0.1, -0.05) is 0 Å². The number of benzene rings is 1. The van der Waals surface area contributed by atoms with Crippen LogP contribution in [0.15, 0.2) is 30.3 Å². The van der Waals surface area contributed by atoms with Crippen molar-refractivity contribution in [3.8, 4) is 0 Å². The number of carbonyl (C=O) groups excluding carboxylic acids is 2. The van der Waals surface area contributed by atoms with Crippen molar-refractivity contribution in [2.45, 2.75) is 31.5 Å². The normalized spacial score (nSPS) is 21.3. The van der Waals surface area contributed by atoms with Gasteiger partial charge < -0.3 is 26.6 Å². The zero-order valence-electron chi connectivity index (χ0n) is 15.9. The molecule has 0 spiro atoms. The lowest BCUT2D eigenvalue weighted by Gasteiger charge is -2.35. The Kier molecular flexibility index (Phi) is 4.69. The van der Waals surface area contributed by atoms with Crippen LogP contribution in [0.1, 0.15) is 23.8 Å². The van der Waals surface area contributed by atoms with Crippen LogP contribution in [0, 0.1) is 5.82 Å². The van der Waals surface area contributed by atoms with Crippen LogP contribution in [0.5, 0.6) is 0 Å². The summed E-state index contributed by atoms with van der Waals surface area (Å²) in [6.45, 7) is 3.00. The molecule has 2 aliphatic rings. The Morgan fingerprint density at radius 3 is 2.38 bits per heavy atom. The summed E-state index contributed by atoms with van der Waals surface area (Å²) in [6.07, 6.45) is 0.905. The highest BCUT2D eigenvalue weighted by Crippen LogP contribution is 2.36. The van der Waals surface area contributed by atoms with Crippen molar-refractivity contribution in [1.82, 2.24) is 9.97 Å². The zero-order valence-corrected chi connectivity index (χ0v) is 15.9. The van der Waals surface area contributed by atoms with Gasteiger partial charge in [-0.05, 0) is 37.6 Å². The van der Waals surface area contributed by atoms with E-state index in [9.17, 15) is 14.0 Å². The number of nitrogens with one attached hydrogen (secondary N) is 1. The summed E-state index contributed by atoms with van der Waals surface area (Å²) >= 11 is 0. The molecule has 2 aliphatic heterocycles. The number of hydrogen-bond donors (Lipinski definition) is 3. The van der Waals surface area contributed by atoms with Crippen LogP contribution in [-0.4, -0.2) is 53.0 Å². The molecule has 3 unspecified atom stereocenters. The minimum Gasteiger partial charge on any atom is -0.368 e. The fourth-order valence-corrected chi connectivity index (χ4v) is 3.92. The summed E-state index contributed by atoms with van der Waals surface area (Å²) in [5.41, 5.74) is 11.8. The zero-order chi connectivity index (χ0) is 20.7. The maximum atomic E-state index is 13.2. The van der Waals surface area contributed by atoms with E-state index in [0.717, 1.165) is 18.7 Å². The van der Waals surface area contributed by atoms with E-state index < -0.39 is 17.9 Å². The lowest BCUT2D eigenvalue weighted by atomic mass is 10.2. The molecule has 2 amide bonds. The molecule has 3 atom stereocenters. The number of fused-ring (bicyclic) bond motifs is 2. The molecule has 0 radical (unpaired) electrons. The molecule has 1 aromatic heterocycles. The average molecular weight is 399 g/mol. The van der Waals surface area contributed by atoms with Gasteiger partial charge in [0.2, 0.25) is 11.9 Å². The molecule has 9 nitrogen and oxygen atoms in total. The minimum atomic E-state index is -0.680. The van der Waals surface area contributed by atoms with Gasteiger partial charge in [0.05, 0.1) is 6.04 Å². The number of nitrogens with two attached hydrogens (primary N) is 2. The van der Waals surface area contributed by atoms with Crippen LogP contribution in [-0.2, 0) is 4.79 Å². The molecular weight excluding hydrogens is 377 g/mol. The number of aromatic nitrogens is 2. The predicted molar refractivity (Wildman–Crippen MR) is 106 cm³/mol. The molecular formula is C19H22FN7O2. The van der Waals surface area contributed by atoms with Gasteiger partial charge in [0, 0.05) is 30.9 Å². The van der Waals surface area contributed by atoms with E-state index in [1.807, 2.05) is 4.90 Å². The molecule has 1 aromatic carbocycles. The maximum Gasteiger partial charge on any atom is 0.267 e. The predicted octanol–water partition coefficient (Wildman–Crippen LogP) is 0.468. The van der Waals surface area contributed by atoms with Crippen molar-refractivity contribution in [2.24, 2.45) is 11.5 Å². The third-order valence-corrected chi connectivity index (χ3v) is 5.41. The van der Waals surface area contributed by atoms with Gasteiger partial charge >= 0.3 is 0 Å². The van der Waals surface area contributed by atoms with Crippen molar-refractivity contribution < 1.29 is 14.0 Å². The SMILES string of the molecule is CC(Nc1cc(C(N)=O)nc(N2CC3CC2CN3c2ccc(F)cc2)n1)C(N)=O. The summed E-state index contributed by atoms with van der Waals surface area (Å²) in [5, 5.41) is 2.88. The Morgan fingerprint density at radius 2 is 1.79 bits per heavy atom. The number of piperazine rings is 1. The van der Waals surface area contributed by atoms with Gasteiger partial charge in [-0.15, -0.1) is 0 Å². The van der Waals surface area contributed by atoms with Crippen LogP contribution in [0.3, 0.4) is 0 Å². The first-order valence-electron chi connectivity index (χ1n) is 9.35. The molecule has 4 rings (SSSR count). The van der Waals surface area contributed by atoms with E-state index in [4.69, 9.17) is 11.5 Å². The summed E-state index contributed by atoms with van der Waals surface area (Å²) in [5.74, 6) is -0.789. The lowest BCUT2D eigenvalue weighted by molar-refractivity contribution is -0.118. The molecule has 0 saturated carbocycles. The number of carbonyl (C=O) groups is 2. The summed E-state index contributed by atoms with van der Waals surface area (Å²) in [7, 11) is 0. The summed E-state index contributed by atoms with van der Waals surface area (Å²) in [4.78, 5) is 36.1. The van der Waals surface area contributed by atoms with Crippen molar-refractivity contribution in [2.75, 3.05) is 28.2 Å². The third kappa shape index (κ3) is 3.65. The van der Waals surface area contributed by atoms with Crippen LogP contribution < -0.4 is 26.6 Å². The van der Waals surface area contributed by atoms with E-state index in [0.29, 0.717) is 18.3 Å². The number of rotatable bonds is 6. The van der Waals surface area contributed by atoms with Crippen molar-refractivity contribution in [3.63, 3.8) is 0 Å². The van der Waals surface area contributed by atoms with Gasteiger partial charge in [0.15, 0.2) is 0 Å². The molecule has 2 aromatic rings. The quantitative estimate of drug-likeness (QED) is 0.643. The first kappa shape index (κ1) is 18.9. The topological polar surface area (TPSA) is 130 Å². The van der Waals surface area contributed by atoms with E-state index in [2.05, 4.69) is 20.2 Å². The fraction of sp³-hybridized carbons (Fsp3) is 0.368. The molecule has 5 N–H and O–H groups in total. The monoisotopic (exact) mass is 399 g/mol. The highest BCUT2D eigenvalue weighted by atomic mass is 19.1. The Bertz CT molecular complexity index is 952. The Balaban J connectivity index is 1.56. The highest BCUT2D eigenvalue weighted by Gasteiger charge is 2.44. The van der Waals surface area contributed by atoms with Crippen LogP contribution in [0.4, 0.5) is 21.8 Å². The van der Waals surface area contributed by atoms with Gasteiger partial charge in [0.1, 0.15) is 23.4 Å². The number of anilines is 3. The molecule has 0 aliphatic carbocycles. The third-order valence-electron chi connectivity index (χ3n) is 5.41. The van der Waals surface area contributed by atoms with Crippen molar-refractivity contribution >= 4 is 29.3 Å². The van der Waals surface area contributed by atoms with Crippen LogP contribution >= 0.6 is 0 Å². The molecule has 2 fully saturated rings. The second-order valence-corrected chi connectivity index (χ2v) is 7.40. The molecule has 2 saturated heterocycles. The van der Waals surface area contributed by atoms with Gasteiger partial charge in [-0.2, -0.15) is 4.98 Å². The molecule has 10 heteroatoms. The molecule has 29 heavy (non-hydrogen) atoms. The molecule has 3 heterocycles. The number of amides is 2. The smallest absolute Gasteiger partial charge is 0.267 e. The largest absolute Gasteiger partial charge is 0.368 e. The lowest BCUT2D eigenvalue weighted by Crippen LogP contribution is -2.47. The summed E-state index contributed by atoms with van der Waals surface area (Å²) in [6, 6.07) is 7.58. The van der Waals surface area contributed by atoms with E-state index in [1.54, 1.807) is 19.1 Å². The standard InChI is InChI=1S/C19H22FN7O2/c1-10(17(21)28)23-16-7-15(18(22)29)24-19(25-16)27-9-13-6-14(27)8-26(13)12-4-2-11(20)3-5-12/h2-5,7,10,13-14H,6,8-9H2,1H3,(H2,21,28)(H2,22,29)(H,23,24,25). The molecule has 152 valence electrons. The molecule has 2 bridgehead atoms. The van der Waals surface area contributed by atoms with Gasteiger partial charge in [-0.3, -0.25) is 9.59 Å². The van der Waals surface area contributed by atoms with Crippen molar-refractivity contribution in [1.29, 1.82) is 0 Å². The maximum absolute atomic E-state index is 13.2. The Labute approximate surface area is 166 Å². The second kappa shape index (κ2) is 7.19. The van der Waals surface area contributed by atoms with Gasteiger partial charge in [-0.25, -0.2) is 9.37 Å². The van der Waals surface area contributed by atoms with Crippen LogP contribution in [0.2, 0.25) is 0 Å². The first-order valence-corrected chi connectivity index (χ1v) is 9.35. The number of primary amides is 2. The van der Waals surface area contributed by atoms with E-state index >= 15 is 0 Å². The summed E-state index contributed by atoms with van der Waals surface area (Å²) < 4.78 is 13.2. The number of halogens is 1. The minimum absolute atomic E-state index is 0.0623. The van der Waals surface area contributed by atoms with E-state index in [1.165, 1.54) is 18.2 Å².